The van der Waals surface area contributed by atoms with Gasteiger partial charge in [-0.15, -0.1) is 0 Å². The number of hydrogen-bond acceptors (Lipinski definition) is 2. The van der Waals surface area contributed by atoms with Crippen molar-refractivity contribution < 1.29 is 9.53 Å². The number of hydrogen-bond donors (Lipinski definition) is 1. The molecule has 4 heteroatoms. The number of carbonyl (C=O) groups is 1. The number of para-hydroxylation sites is 1. The molecule has 2 aromatic carbocycles. The molecule has 0 aliphatic carbocycles. The number of benzene rings is 2. The molecule has 0 heterocycles. The third kappa shape index (κ3) is 4.01. The Morgan fingerprint density at radius 1 is 1.09 bits per heavy atom. The Bertz CT molecular complexity index is 626. The molecule has 0 bridgehead atoms. The van der Waals surface area contributed by atoms with Crippen molar-refractivity contribution in [2.75, 3.05) is 25.1 Å². The van der Waals surface area contributed by atoms with Gasteiger partial charge in [-0.2, -0.15) is 0 Å². The Morgan fingerprint density at radius 2 is 1.82 bits per heavy atom. The van der Waals surface area contributed by atoms with Gasteiger partial charge < -0.3 is 10.1 Å². The minimum absolute atomic E-state index is 0.143. The van der Waals surface area contributed by atoms with E-state index in [0.717, 1.165) is 17.0 Å². The zero-order chi connectivity index (χ0) is 15.9. The Morgan fingerprint density at radius 3 is 2.55 bits per heavy atom. The fourth-order valence-corrected chi connectivity index (χ4v) is 2.09. The number of amides is 2. The predicted octanol–water partition coefficient (Wildman–Crippen LogP) is 3.53. The van der Waals surface area contributed by atoms with Gasteiger partial charge in [0, 0.05) is 12.7 Å². The van der Waals surface area contributed by atoms with Gasteiger partial charge in [0.25, 0.3) is 0 Å². The van der Waals surface area contributed by atoms with E-state index in [0.29, 0.717) is 13.2 Å². The summed E-state index contributed by atoms with van der Waals surface area (Å²) in [7, 11) is 1.75. The first-order valence-electron chi connectivity index (χ1n) is 7.35. The van der Waals surface area contributed by atoms with Gasteiger partial charge in [-0.25, -0.2) is 4.79 Å². The average Bonchev–Trinajstić information content (AvgIpc) is 2.55. The first-order chi connectivity index (χ1) is 10.6. The molecule has 0 spiro atoms. The van der Waals surface area contributed by atoms with Crippen LogP contribution >= 0.6 is 0 Å². The third-order valence-corrected chi connectivity index (χ3v) is 3.64. The van der Waals surface area contributed by atoms with E-state index >= 15 is 0 Å². The molecule has 116 valence electrons. The van der Waals surface area contributed by atoms with E-state index in [9.17, 15) is 4.79 Å². The lowest BCUT2D eigenvalue weighted by Gasteiger charge is -2.18. The minimum atomic E-state index is -0.143. The molecule has 4 nitrogen and oxygen atoms in total. The van der Waals surface area contributed by atoms with Crippen molar-refractivity contribution in [1.29, 1.82) is 0 Å². The Hall–Kier alpha value is -2.49. The molecule has 2 aromatic rings. The highest BCUT2D eigenvalue weighted by Crippen LogP contribution is 2.20. The summed E-state index contributed by atoms with van der Waals surface area (Å²) in [4.78, 5) is 13.6. The fraction of sp³-hybridized carbons (Fsp3) is 0.278. The van der Waals surface area contributed by atoms with Crippen LogP contribution in [-0.2, 0) is 0 Å². The van der Waals surface area contributed by atoms with E-state index in [-0.39, 0.29) is 6.03 Å². The van der Waals surface area contributed by atoms with Crippen LogP contribution in [0.5, 0.6) is 5.75 Å². The van der Waals surface area contributed by atoms with Gasteiger partial charge in [0.1, 0.15) is 12.4 Å². The van der Waals surface area contributed by atoms with E-state index in [1.54, 1.807) is 11.9 Å². The van der Waals surface area contributed by atoms with Gasteiger partial charge in [0.15, 0.2) is 0 Å². The highest BCUT2D eigenvalue weighted by atomic mass is 16.5. The largest absolute Gasteiger partial charge is 0.491 e. The zero-order valence-corrected chi connectivity index (χ0v) is 13.3. The number of nitrogens with zero attached hydrogens (tertiary/aromatic N) is 1. The van der Waals surface area contributed by atoms with Crippen LogP contribution in [0.1, 0.15) is 11.1 Å². The van der Waals surface area contributed by atoms with Gasteiger partial charge in [-0.05, 0) is 43.2 Å². The molecule has 0 aliphatic heterocycles. The smallest absolute Gasteiger partial charge is 0.321 e. The molecule has 1 N–H and O–H groups in total. The quantitative estimate of drug-likeness (QED) is 0.858. The van der Waals surface area contributed by atoms with Crippen LogP contribution in [0.15, 0.2) is 48.5 Å². The van der Waals surface area contributed by atoms with Crippen molar-refractivity contribution in [3.63, 3.8) is 0 Å². The SMILES string of the molecule is Cc1cccc(OCCNC(=O)N(C)c2ccccc2)c1C. The second-order valence-corrected chi connectivity index (χ2v) is 5.17. The lowest BCUT2D eigenvalue weighted by atomic mass is 10.1. The second-order valence-electron chi connectivity index (χ2n) is 5.17. The number of carbonyl (C=O) groups excluding carboxylic acids is 1. The Labute approximate surface area is 131 Å². The standard InChI is InChI=1S/C18H22N2O2/c1-14-8-7-11-17(15(14)2)22-13-12-19-18(21)20(3)16-9-5-4-6-10-16/h4-11H,12-13H2,1-3H3,(H,19,21). The molecule has 22 heavy (non-hydrogen) atoms. The van der Waals surface area contributed by atoms with Crippen LogP contribution in [0, 0.1) is 13.8 Å². The molecule has 0 saturated heterocycles. The van der Waals surface area contributed by atoms with Gasteiger partial charge in [0.2, 0.25) is 0 Å². The van der Waals surface area contributed by atoms with Crippen LogP contribution in [0.3, 0.4) is 0 Å². The summed E-state index contributed by atoms with van der Waals surface area (Å²) in [5.74, 6) is 0.866. The normalized spacial score (nSPS) is 10.1. The molecule has 2 rings (SSSR count). The van der Waals surface area contributed by atoms with Crippen LogP contribution in [-0.4, -0.2) is 26.2 Å². The topological polar surface area (TPSA) is 41.6 Å². The lowest BCUT2D eigenvalue weighted by Crippen LogP contribution is -2.39. The highest BCUT2D eigenvalue weighted by molar-refractivity contribution is 5.91. The Kier molecular flexibility index (Phi) is 5.42. The number of nitrogens with one attached hydrogen (secondary N) is 1. The van der Waals surface area contributed by atoms with Gasteiger partial charge in [-0.1, -0.05) is 30.3 Å². The van der Waals surface area contributed by atoms with E-state index in [1.807, 2.05) is 49.4 Å². The van der Waals surface area contributed by atoms with E-state index < -0.39 is 0 Å². The molecular formula is C18H22N2O2. The van der Waals surface area contributed by atoms with Crippen LogP contribution in [0.2, 0.25) is 0 Å². The molecule has 0 radical (unpaired) electrons. The lowest BCUT2D eigenvalue weighted by molar-refractivity contribution is 0.243. The minimum Gasteiger partial charge on any atom is -0.491 e. The summed E-state index contributed by atoms with van der Waals surface area (Å²) in [6.45, 7) is 4.99. The first kappa shape index (κ1) is 15.9. The number of anilines is 1. The number of rotatable bonds is 5. The summed E-state index contributed by atoms with van der Waals surface area (Å²) in [6.07, 6.45) is 0. The molecule has 0 aromatic heterocycles. The molecule has 0 saturated carbocycles. The van der Waals surface area contributed by atoms with Crippen molar-refractivity contribution in [1.82, 2.24) is 5.32 Å². The maximum absolute atomic E-state index is 12.0. The highest BCUT2D eigenvalue weighted by Gasteiger charge is 2.09. The third-order valence-electron chi connectivity index (χ3n) is 3.64. The number of ether oxygens (including phenoxy) is 1. The van der Waals surface area contributed by atoms with Crippen molar-refractivity contribution >= 4 is 11.7 Å². The van der Waals surface area contributed by atoms with Crippen molar-refractivity contribution in [2.24, 2.45) is 0 Å². The van der Waals surface area contributed by atoms with Crippen LogP contribution < -0.4 is 15.0 Å². The molecule has 0 fully saturated rings. The molecule has 0 unspecified atom stereocenters. The van der Waals surface area contributed by atoms with Crippen molar-refractivity contribution in [3.05, 3.63) is 59.7 Å². The number of aryl methyl sites for hydroxylation is 1. The molecule has 0 aliphatic rings. The summed E-state index contributed by atoms with van der Waals surface area (Å²) in [5.41, 5.74) is 3.19. The molecule has 0 atom stereocenters. The second kappa shape index (κ2) is 7.50. The van der Waals surface area contributed by atoms with Gasteiger partial charge in [0.05, 0.1) is 6.54 Å². The van der Waals surface area contributed by atoms with E-state index in [1.165, 1.54) is 5.56 Å². The predicted molar refractivity (Wildman–Crippen MR) is 89.7 cm³/mol. The maximum Gasteiger partial charge on any atom is 0.321 e. The summed E-state index contributed by atoms with van der Waals surface area (Å²) in [5, 5.41) is 2.85. The average molecular weight is 298 g/mol. The van der Waals surface area contributed by atoms with E-state index in [2.05, 4.69) is 18.3 Å². The summed E-state index contributed by atoms with van der Waals surface area (Å²) in [6, 6.07) is 15.4. The fourth-order valence-electron chi connectivity index (χ4n) is 2.09. The first-order valence-corrected chi connectivity index (χ1v) is 7.35. The molecule has 2 amide bonds. The summed E-state index contributed by atoms with van der Waals surface area (Å²) < 4.78 is 5.72. The maximum atomic E-state index is 12.0. The Balaban J connectivity index is 1.79. The van der Waals surface area contributed by atoms with Crippen molar-refractivity contribution in [3.8, 4) is 5.75 Å². The van der Waals surface area contributed by atoms with Gasteiger partial charge >= 0.3 is 6.03 Å². The van der Waals surface area contributed by atoms with Crippen LogP contribution in [0.25, 0.3) is 0 Å². The molecular weight excluding hydrogens is 276 g/mol. The monoisotopic (exact) mass is 298 g/mol. The van der Waals surface area contributed by atoms with Crippen molar-refractivity contribution in [2.45, 2.75) is 13.8 Å². The summed E-state index contributed by atoms with van der Waals surface area (Å²) >= 11 is 0. The number of urea groups is 1. The van der Waals surface area contributed by atoms with Gasteiger partial charge in [-0.3, -0.25) is 4.90 Å². The van der Waals surface area contributed by atoms with E-state index in [4.69, 9.17) is 4.74 Å². The van der Waals surface area contributed by atoms with Crippen LogP contribution in [0.4, 0.5) is 10.5 Å². The zero-order valence-electron chi connectivity index (χ0n) is 13.3.